The van der Waals surface area contributed by atoms with Crippen LogP contribution in [0.5, 0.6) is 5.75 Å². The van der Waals surface area contributed by atoms with Gasteiger partial charge < -0.3 is 15.0 Å². The molecule has 0 heterocycles. The number of hydrogen-bond donors (Lipinski definition) is 1. The highest BCUT2D eigenvalue weighted by molar-refractivity contribution is 5.98. The van der Waals surface area contributed by atoms with Crippen LogP contribution in [0.4, 0.5) is 5.69 Å². The quantitative estimate of drug-likeness (QED) is 0.759. The van der Waals surface area contributed by atoms with E-state index in [1.54, 1.807) is 19.2 Å². The molecule has 0 saturated heterocycles. The van der Waals surface area contributed by atoms with Crippen molar-refractivity contribution in [2.75, 3.05) is 26.0 Å². The molecule has 0 aliphatic heterocycles. The van der Waals surface area contributed by atoms with Crippen molar-refractivity contribution in [2.24, 2.45) is 11.8 Å². The smallest absolute Gasteiger partial charge is 0.257 e. The molecule has 1 N–H and O–H groups in total. The number of hydrogen-bond acceptors (Lipinski definition) is 3. The molecule has 28 heavy (non-hydrogen) atoms. The van der Waals surface area contributed by atoms with Crippen LogP contribution in [0, 0.1) is 11.8 Å². The molecule has 2 saturated carbocycles. The molecule has 2 amide bonds. The highest BCUT2D eigenvalue weighted by Gasteiger charge is 2.23. The van der Waals surface area contributed by atoms with Crippen LogP contribution in [-0.4, -0.2) is 37.4 Å². The molecule has 0 atom stereocenters. The summed E-state index contributed by atoms with van der Waals surface area (Å²) in [6.45, 7) is 0.794. The Morgan fingerprint density at radius 2 is 1.68 bits per heavy atom. The Morgan fingerprint density at radius 3 is 2.32 bits per heavy atom. The summed E-state index contributed by atoms with van der Waals surface area (Å²) >= 11 is 0. The number of nitrogens with zero attached hydrogens (tertiary/aromatic N) is 1. The average molecular weight is 387 g/mol. The van der Waals surface area contributed by atoms with Gasteiger partial charge in [-0.2, -0.15) is 0 Å². The minimum atomic E-state index is -0.0208. The lowest BCUT2D eigenvalue weighted by atomic mass is 9.88. The molecule has 0 unspecified atom stereocenters. The number of benzene rings is 1. The van der Waals surface area contributed by atoms with Crippen LogP contribution in [0.2, 0.25) is 0 Å². The second-order valence-corrected chi connectivity index (χ2v) is 8.43. The summed E-state index contributed by atoms with van der Waals surface area (Å²) in [4.78, 5) is 27.2. The van der Waals surface area contributed by atoms with Crippen LogP contribution < -0.4 is 10.1 Å². The first kappa shape index (κ1) is 20.7. The zero-order valence-corrected chi connectivity index (χ0v) is 17.3. The van der Waals surface area contributed by atoms with Crippen LogP contribution >= 0.6 is 0 Å². The summed E-state index contributed by atoms with van der Waals surface area (Å²) in [5.74, 6) is 1.27. The highest BCUT2D eigenvalue weighted by atomic mass is 16.5. The Bertz CT molecular complexity index is 676. The maximum Gasteiger partial charge on any atom is 0.257 e. The maximum atomic E-state index is 12.9. The molecule has 5 heteroatoms. The third kappa shape index (κ3) is 5.27. The molecule has 2 aliphatic carbocycles. The molecule has 2 fully saturated rings. The normalized spacial score (nSPS) is 18.5. The third-order valence-electron chi connectivity index (χ3n) is 6.28. The monoisotopic (exact) mass is 386 g/mol. The second kappa shape index (κ2) is 9.94. The van der Waals surface area contributed by atoms with Crippen molar-refractivity contribution < 1.29 is 14.3 Å². The summed E-state index contributed by atoms with van der Waals surface area (Å²) in [5.41, 5.74) is 1.25. The van der Waals surface area contributed by atoms with Crippen LogP contribution in [0.15, 0.2) is 18.2 Å². The molecule has 2 aliphatic rings. The van der Waals surface area contributed by atoms with Crippen molar-refractivity contribution in [1.29, 1.82) is 0 Å². The molecule has 1 aromatic rings. The highest BCUT2D eigenvalue weighted by Crippen LogP contribution is 2.29. The Kier molecular flexibility index (Phi) is 7.35. The van der Waals surface area contributed by atoms with E-state index in [1.807, 2.05) is 18.0 Å². The van der Waals surface area contributed by atoms with E-state index in [9.17, 15) is 9.59 Å². The van der Waals surface area contributed by atoms with Gasteiger partial charge in [0.1, 0.15) is 5.75 Å². The first-order chi connectivity index (χ1) is 13.6. The molecule has 0 bridgehead atoms. The predicted octanol–water partition coefficient (Wildman–Crippen LogP) is 4.87. The summed E-state index contributed by atoms with van der Waals surface area (Å²) in [6, 6.07) is 5.35. The number of anilines is 1. The van der Waals surface area contributed by atoms with Crippen LogP contribution in [0.1, 0.15) is 74.6 Å². The van der Waals surface area contributed by atoms with E-state index >= 15 is 0 Å². The van der Waals surface area contributed by atoms with Gasteiger partial charge in [0.2, 0.25) is 5.91 Å². The summed E-state index contributed by atoms with van der Waals surface area (Å²) in [6.07, 6.45) is 11.7. The van der Waals surface area contributed by atoms with Crippen LogP contribution in [0.25, 0.3) is 0 Å². The number of ether oxygens (including phenoxy) is 1. The number of rotatable bonds is 6. The van der Waals surface area contributed by atoms with E-state index in [0.717, 1.165) is 32.2 Å². The van der Waals surface area contributed by atoms with E-state index in [2.05, 4.69) is 5.32 Å². The van der Waals surface area contributed by atoms with Gasteiger partial charge >= 0.3 is 0 Å². The van der Waals surface area contributed by atoms with Gasteiger partial charge in [0.25, 0.3) is 5.91 Å². The molecule has 0 spiro atoms. The lowest BCUT2D eigenvalue weighted by Gasteiger charge is -2.27. The summed E-state index contributed by atoms with van der Waals surface area (Å²) < 4.78 is 5.48. The summed E-state index contributed by atoms with van der Waals surface area (Å²) in [7, 11) is 3.44. The fraction of sp³-hybridized carbons (Fsp3) is 0.652. The molecular formula is C23H34N2O3. The van der Waals surface area contributed by atoms with Gasteiger partial charge in [-0.15, -0.1) is 0 Å². The predicted molar refractivity (Wildman–Crippen MR) is 112 cm³/mol. The maximum absolute atomic E-state index is 12.9. The lowest BCUT2D eigenvalue weighted by molar-refractivity contribution is -0.120. The van der Waals surface area contributed by atoms with Gasteiger partial charge in [-0.1, -0.05) is 38.5 Å². The molecule has 0 aromatic heterocycles. The van der Waals surface area contributed by atoms with Crippen molar-refractivity contribution >= 4 is 17.5 Å². The van der Waals surface area contributed by atoms with E-state index in [4.69, 9.17) is 4.74 Å². The van der Waals surface area contributed by atoms with E-state index in [0.29, 0.717) is 22.9 Å². The Labute approximate surface area is 168 Å². The SMILES string of the molecule is COc1cc(NC(=O)C2CCCCC2)ccc1C(=O)N(C)CC1CCCCC1. The molecular weight excluding hydrogens is 352 g/mol. The van der Waals surface area contributed by atoms with Crippen molar-refractivity contribution in [2.45, 2.75) is 64.2 Å². The standard InChI is InChI=1S/C23H34N2O3/c1-25(16-17-9-5-3-6-10-17)23(27)20-14-13-19(15-21(20)28-2)24-22(26)18-11-7-4-8-12-18/h13-15,17-18H,3-12,16H2,1-2H3,(H,24,26). The van der Waals surface area contributed by atoms with Crippen molar-refractivity contribution in [3.63, 3.8) is 0 Å². The van der Waals surface area contributed by atoms with Crippen molar-refractivity contribution in [3.8, 4) is 5.75 Å². The Morgan fingerprint density at radius 1 is 1.04 bits per heavy atom. The van der Waals surface area contributed by atoms with Crippen LogP contribution in [0.3, 0.4) is 0 Å². The van der Waals surface area contributed by atoms with E-state index in [1.165, 1.54) is 38.5 Å². The van der Waals surface area contributed by atoms with Crippen molar-refractivity contribution in [1.82, 2.24) is 4.90 Å². The van der Waals surface area contributed by atoms with Crippen LogP contribution in [-0.2, 0) is 4.79 Å². The molecule has 0 radical (unpaired) electrons. The fourth-order valence-corrected chi connectivity index (χ4v) is 4.60. The topological polar surface area (TPSA) is 58.6 Å². The Balaban J connectivity index is 1.64. The average Bonchev–Trinajstić information content (AvgIpc) is 2.74. The second-order valence-electron chi connectivity index (χ2n) is 8.43. The van der Waals surface area contributed by atoms with E-state index in [-0.39, 0.29) is 17.7 Å². The molecule has 5 nitrogen and oxygen atoms in total. The third-order valence-corrected chi connectivity index (χ3v) is 6.28. The number of carbonyl (C=O) groups excluding carboxylic acids is 2. The van der Waals surface area contributed by atoms with Gasteiger partial charge in [0.15, 0.2) is 0 Å². The zero-order chi connectivity index (χ0) is 19.9. The lowest BCUT2D eigenvalue weighted by Crippen LogP contribution is -2.33. The van der Waals surface area contributed by atoms with Crippen molar-refractivity contribution in [3.05, 3.63) is 23.8 Å². The zero-order valence-electron chi connectivity index (χ0n) is 17.3. The first-order valence-corrected chi connectivity index (χ1v) is 10.8. The number of methoxy groups -OCH3 is 1. The van der Waals surface area contributed by atoms with Gasteiger partial charge in [0.05, 0.1) is 12.7 Å². The Hall–Kier alpha value is -2.04. The number of amides is 2. The fourth-order valence-electron chi connectivity index (χ4n) is 4.60. The largest absolute Gasteiger partial charge is 0.496 e. The molecule has 154 valence electrons. The van der Waals surface area contributed by atoms with Gasteiger partial charge in [-0.05, 0) is 43.7 Å². The van der Waals surface area contributed by atoms with Gasteiger partial charge in [0, 0.05) is 31.3 Å². The minimum absolute atomic E-state index is 0.0208. The van der Waals surface area contributed by atoms with Gasteiger partial charge in [-0.3, -0.25) is 9.59 Å². The van der Waals surface area contributed by atoms with E-state index < -0.39 is 0 Å². The van der Waals surface area contributed by atoms with Gasteiger partial charge in [-0.25, -0.2) is 0 Å². The first-order valence-electron chi connectivity index (χ1n) is 10.8. The number of carbonyl (C=O) groups is 2. The summed E-state index contributed by atoms with van der Waals surface area (Å²) in [5, 5.41) is 3.00. The molecule has 3 rings (SSSR count). The minimum Gasteiger partial charge on any atom is -0.496 e. The molecule has 1 aromatic carbocycles. The number of nitrogens with one attached hydrogen (secondary N) is 1.